The molecule has 0 saturated carbocycles. The quantitative estimate of drug-likeness (QED) is 0.705. The first-order valence-electron chi connectivity index (χ1n) is 5.13. The van der Waals surface area contributed by atoms with E-state index in [1.807, 2.05) is 38.1 Å². The summed E-state index contributed by atoms with van der Waals surface area (Å²) < 4.78 is 10.3. The largest absolute Gasteiger partial charge is 0.497 e. The van der Waals surface area contributed by atoms with Gasteiger partial charge in [0.2, 0.25) is 0 Å². The second-order valence-electron chi connectivity index (χ2n) is 2.67. The Hall–Kier alpha value is -1.44. The summed E-state index contributed by atoms with van der Waals surface area (Å²) in [6.07, 6.45) is 2.64. The molecular weight excluding hydrogens is 188 g/mol. The molecule has 0 heterocycles. The van der Waals surface area contributed by atoms with Gasteiger partial charge in [0.1, 0.15) is 11.5 Å². The van der Waals surface area contributed by atoms with Crippen LogP contribution in [0.3, 0.4) is 0 Å². The van der Waals surface area contributed by atoms with Gasteiger partial charge >= 0.3 is 0 Å². The van der Waals surface area contributed by atoms with E-state index in [0.717, 1.165) is 23.5 Å². The summed E-state index contributed by atoms with van der Waals surface area (Å²) in [7, 11) is 3.31. The Morgan fingerprint density at radius 3 is 2.33 bits per heavy atom. The molecule has 2 heteroatoms. The van der Waals surface area contributed by atoms with Crippen LogP contribution >= 0.6 is 0 Å². The van der Waals surface area contributed by atoms with Gasteiger partial charge in [0, 0.05) is 5.56 Å². The lowest BCUT2D eigenvalue weighted by atomic mass is 10.1. The first kappa shape index (κ1) is 13.6. The fraction of sp³-hybridized carbons (Fsp3) is 0.385. The van der Waals surface area contributed by atoms with E-state index >= 15 is 0 Å². The van der Waals surface area contributed by atoms with Gasteiger partial charge in [-0.05, 0) is 24.6 Å². The highest BCUT2D eigenvalue weighted by Crippen LogP contribution is 2.24. The molecule has 0 radical (unpaired) electrons. The van der Waals surface area contributed by atoms with Crippen molar-refractivity contribution in [2.24, 2.45) is 0 Å². The van der Waals surface area contributed by atoms with Gasteiger partial charge in [-0.15, -0.1) is 6.58 Å². The van der Waals surface area contributed by atoms with Crippen molar-refractivity contribution in [1.29, 1.82) is 0 Å². The minimum absolute atomic E-state index is 0.792. The van der Waals surface area contributed by atoms with Crippen LogP contribution in [-0.4, -0.2) is 14.2 Å². The second kappa shape index (κ2) is 7.92. The minimum Gasteiger partial charge on any atom is -0.497 e. The first-order chi connectivity index (χ1) is 7.31. The Bertz CT molecular complexity index is 293. The number of rotatable bonds is 4. The Balaban J connectivity index is 0.000000921. The van der Waals surface area contributed by atoms with Crippen molar-refractivity contribution in [3.8, 4) is 11.5 Å². The molecule has 15 heavy (non-hydrogen) atoms. The lowest BCUT2D eigenvalue weighted by Gasteiger charge is -2.08. The summed E-state index contributed by atoms with van der Waals surface area (Å²) in [5.74, 6) is 1.72. The minimum atomic E-state index is 0.792. The summed E-state index contributed by atoms with van der Waals surface area (Å²) in [4.78, 5) is 0. The molecule has 2 nitrogen and oxygen atoms in total. The van der Waals surface area contributed by atoms with E-state index in [9.17, 15) is 0 Å². The van der Waals surface area contributed by atoms with Gasteiger partial charge in [0.25, 0.3) is 0 Å². The molecule has 0 N–H and O–H groups in total. The summed E-state index contributed by atoms with van der Waals surface area (Å²) in [5.41, 5.74) is 1.09. The van der Waals surface area contributed by atoms with E-state index in [4.69, 9.17) is 9.47 Å². The van der Waals surface area contributed by atoms with Gasteiger partial charge in [-0.3, -0.25) is 0 Å². The van der Waals surface area contributed by atoms with Gasteiger partial charge in [-0.1, -0.05) is 19.9 Å². The Kier molecular flexibility index (Phi) is 7.16. The maximum Gasteiger partial charge on any atom is 0.122 e. The van der Waals surface area contributed by atoms with E-state index in [0.29, 0.717) is 0 Å². The molecule has 0 aliphatic carbocycles. The molecule has 0 aromatic heterocycles. The monoisotopic (exact) mass is 208 g/mol. The molecule has 0 fully saturated rings. The van der Waals surface area contributed by atoms with E-state index in [-0.39, 0.29) is 0 Å². The Labute approximate surface area is 92.5 Å². The highest BCUT2D eigenvalue weighted by molar-refractivity contribution is 5.41. The zero-order chi connectivity index (χ0) is 11.7. The normalized spacial score (nSPS) is 8.53. The maximum atomic E-state index is 5.19. The zero-order valence-electron chi connectivity index (χ0n) is 10.0. The number of hydrogen-bond acceptors (Lipinski definition) is 2. The van der Waals surface area contributed by atoms with Crippen molar-refractivity contribution < 1.29 is 9.47 Å². The third-order valence-electron chi connectivity index (χ3n) is 1.85. The molecule has 1 aromatic rings. The van der Waals surface area contributed by atoms with Crippen molar-refractivity contribution in [2.45, 2.75) is 20.3 Å². The SMILES string of the molecule is C=CCc1cc(OC)ccc1OC.CC. The fourth-order valence-corrected chi connectivity index (χ4v) is 1.20. The van der Waals surface area contributed by atoms with E-state index in [1.165, 1.54) is 0 Å². The van der Waals surface area contributed by atoms with Crippen LogP contribution in [-0.2, 0) is 6.42 Å². The highest BCUT2D eigenvalue weighted by Gasteiger charge is 2.02. The van der Waals surface area contributed by atoms with Crippen LogP contribution in [0, 0.1) is 0 Å². The van der Waals surface area contributed by atoms with Gasteiger partial charge in [0.15, 0.2) is 0 Å². The molecule has 0 aliphatic rings. The van der Waals surface area contributed by atoms with Crippen LogP contribution in [0.25, 0.3) is 0 Å². The fourth-order valence-electron chi connectivity index (χ4n) is 1.20. The van der Waals surface area contributed by atoms with Crippen LogP contribution in [0.5, 0.6) is 11.5 Å². The van der Waals surface area contributed by atoms with Gasteiger partial charge in [0.05, 0.1) is 14.2 Å². The Morgan fingerprint density at radius 1 is 1.20 bits per heavy atom. The standard InChI is InChI=1S/C11H14O2.C2H6/c1-4-5-9-8-10(12-2)6-7-11(9)13-3;1-2/h4,6-8H,1,5H2,2-3H3;1-2H3. The van der Waals surface area contributed by atoms with E-state index in [2.05, 4.69) is 6.58 Å². The number of ether oxygens (including phenoxy) is 2. The van der Waals surface area contributed by atoms with Gasteiger partial charge in [-0.2, -0.15) is 0 Å². The van der Waals surface area contributed by atoms with Crippen molar-refractivity contribution >= 4 is 0 Å². The number of benzene rings is 1. The van der Waals surface area contributed by atoms with Crippen LogP contribution in [0.2, 0.25) is 0 Å². The number of allylic oxidation sites excluding steroid dienone is 1. The smallest absolute Gasteiger partial charge is 0.122 e. The average Bonchev–Trinajstić information content (AvgIpc) is 2.32. The Morgan fingerprint density at radius 2 is 1.87 bits per heavy atom. The first-order valence-corrected chi connectivity index (χ1v) is 5.13. The topological polar surface area (TPSA) is 18.5 Å². The van der Waals surface area contributed by atoms with Gasteiger partial charge in [-0.25, -0.2) is 0 Å². The second-order valence-corrected chi connectivity index (χ2v) is 2.67. The molecule has 0 aliphatic heterocycles. The number of methoxy groups -OCH3 is 2. The van der Waals surface area contributed by atoms with Crippen LogP contribution in [0.15, 0.2) is 30.9 Å². The van der Waals surface area contributed by atoms with Crippen molar-refractivity contribution in [3.05, 3.63) is 36.4 Å². The molecule has 0 bridgehead atoms. The zero-order valence-corrected chi connectivity index (χ0v) is 10.0. The molecular formula is C13H20O2. The van der Waals surface area contributed by atoms with E-state index in [1.54, 1.807) is 14.2 Å². The maximum absolute atomic E-state index is 5.19. The lowest BCUT2D eigenvalue weighted by molar-refractivity contribution is 0.399. The number of hydrogen-bond donors (Lipinski definition) is 0. The summed E-state index contributed by atoms with van der Waals surface area (Å²) in [6, 6.07) is 5.74. The van der Waals surface area contributed by atoms with Crippen LogP contribution < -0.4 is 9.47 Å². The van der Waals surface area contributed by atoms with Crippen molar-refractivity contribution in [3.63, 3.8) is 0 Å². The highest BCUT2D eigenvalue weighted by atomic mass is 16.5. The third-order valence-corrected chi connectivity index (χ3v) is 1.85. The molecule has 0 unspecified atom stereocenters. The molecule has 1 aromatic carbocycles. The lowest BCUT2D eigenvalue weighted by Crippen LogP contribution is -1.92. The van der Waals surface area contributed by atoms with E-state index < -0.39 is 0 Å². The summed E-state index contributed by atoms with van der Waals surface area (Å²) in [5, 5.41) is 0. The molecule has 0 amide bonds. The van der Waals surface area contributed by atoms with Crippen LogP contribution in [0.4, 0.5) is 0 Å². The van der Waals surface area contributed by atoms with Crippen molar-refractivity contribution in [1.82, 2.24) is 0 Å². The van der Waals surface area contributed by atoms with Gasteiger partial charge < -0.3 is 9.47 Å². The summed E-state index contributed by atoms with van der Waals surface area (Å²) in [6.45, 7) is 7.69. The van der Waals surface area contributed by atoms with Crippen molar-refractivity contribution in [2.75, 3.05) is 14.2 Å². The predicted octanol–water partition coefficient (Wildman–Crippen LogP) is 3.46. The molecule has 84 valence electrons. The average molecular weight is 208 g/mol. The molecule has 0 atom stereocenters. The molecule has 1 rings (SSSR count). The summed E-state index contributed by atoms with van der Waals surface area (Å²) >= 11 is 0. The molecule has 0 saturated heterocycles. The molecule has 0 spiro atoms. The predicted molar refractivity (Wildman–Crippen MR) is 64.8 cm³/mol. The van der Waals surface area contributed by atoms with Crippen LogP contribution in [0.1, 0.15) is 19.4 Å². The third kappa shape index (κ3) is 4.07.